The Morgan fingerprint density at radius 1 is 1.50 bits per heavy atom. The minimum absolute atomic E-state index is 0.0425. The number of hydrogen-bond donors (Lipinski definition) is 2. The fraction of sp³-hybridized carbons (Fsp3) is 1.00. The summed E-state index contributed by atoms with van der Waals surface area (Å²) in [7, 11) is 0. The third kappa shape index (κ3) is 3.23. The number of aliphatic hydroxyl groups excluding tert-OH is 1. The second kappa shape index (κ2) is 6.33. The second-order valence-electron chi connectivity index (χ2n) is 5.90. The van der Waals surface area contributed by atoms with Crippen LogP contribution in [0.3, 0.4) is 0 Å². The molecule has 0 aromatic heterocycles. The van der Waals surface area contributed by atoms with E-state index < -0.39 is 0 Å². The van der Waals surface area contributed by atoms with E-state index in [0.29, 0.717) is 12.1 Å². The number of rotatable bonds is 4. The van der Waals surface area contributed by atoms with Gasteiger partial charge in [-0.3, -0.25) is 4.90 Å². The van der Waals surface area contributed by atoms with E-state index in [1.54, 1.807) is 0 Å². The quantitative estimate of drug-likeness (QED) is 0.787. The average molecular weight is 256 g/mol. The van der Waals surface area contributed by atoms with Crippen LogP contribution < -0.4 is 5.32 Å². The zero-order valence-corrected chi connectivity index (χ0v) is 11.8. The summed E-state index contributed by atoms with van der Waals surface area (Å²) >= 11 is 0. The molecule has 4 nitrogen and oxygen atoms in total. The normalized spacial score (nSPS) is 38.8. The van der Waals surface area contributed by atoms with Crippen LogP contribution in [0.2, 0.25) is 0 Å². The molecule has 18 heavy (non-hydrogen) atoms. The third-order valence-electron chi connectivity index (χ3n) is 4.46. The molecule has 0 bridgehead atoms. The Bertz CT molecular complexity index is 258. The number of nitrogens with zero attached hydrogens (tertiary/aromatic N) is 1. The highest BCUT2D eigenvalue weighted by atomic mass is 16.5. The van der Waals surface area contributed by atoms with Crippen molar-refractivity contribution in [2.45, 2.75) is 57.2 Å². The van der Waals surface area contributed by atoms with Gasteiger partial charge < -0.3 is 15.2 Å². The van der Waals surface area contributed by atoms with Crippen LogP contribution in [0.4, 0.5) is 0 Å². The van der Waals surface area contributed by atoms with Crippen LogP contribution in [0.15, 0.2) is 0 Å². The number of morpholine rings is 1. The number of ether oxygens (including phenoxy) is 1. The molecule has 0 aromatic carbocycles. The van der Waals surface area contributed by atoms with Gasteiger partial charge in [0.15, 0.2) is 0 Å². The predicted molar refractivity (Wildman–Crippen MR) is 72.7 cm³/mol. The monoisotopic (exact) mass is 256 g/mol. The number of hydrogen-bond acceptors (Lipinski definition) is 4. The van der Waals surface area contributed by atoms with Gasteiger partial charge in [0.1, 0.15) is 0 Å². The minimum Gasteiger partial charge on any atom is -0.394 e. The van der Waals surface area contributed by atoms with Gasteiger partial charge in [-0.15, -0.1) is 0 Å². The van der Waals surface area contributed by atoms with Gasteiger partial charge in [-0.25, -0.2) is 0 Å². The van der Waals surface area contributed by atoms with Crippen molar-refractivity contribution in [1.29, 1.82) is 0 Å². The summed E-state index contributed by atoms with van der Waals surface area (Å²) in [5.74, 6) is 0. The summed E-state index contributed by atoms with van der Waals surface area (Å²) in [6, 6.07) is 0.608. The molecule has 1 aliphatic carbocycles. The molecule has 3 unspecified atom stereocenters. The van der Waals surface area contributed by atoms with Crippen molar-refractivity contribution in [2.24, 2.45) is 0 Å². The maximum Gasteiger partial charge on any atom is 0.0674 e. The Morgan fingerprint density at radius 2 is 2.33 bits per heavy atom. The Balaban J connectivity index is 1.96. The van der Waals surface area contributed by atoms with Crippen LogP contribution in [0.25, 0.3) is 0 Å². The zero-order chi connectivity index (χ0) is 13.0. The molecule has 2 aliphatic rings. The van der Waals surface area contributed by atoms with Crippen LogP contribution in [-0.4, -0.2) is 60.5 Å². The first kappa shape index (κ1) is 14.3. The number of aliphatic hydroxyl groups is 1. The fourth-order valence-corrected chi connectivity index (χ4v) is 3.56. The number of nitrogens with one attached hydrogen (secondary N) is 1. The van der Waals surface area contributed by atoms with Gasteiger partial charge in [0.2, 0.25) is 0 Å². The summed E-state index contributed by atoms with van der Waals surface area (Å²) in [6.07, 6.45) is 5.00. The lowest BCUT2D eigenvalue weighted by atomic mass is 9.78. The summed E-state index contributed by atoms with van der Waals surface area (Å²) in [6.45, 7) is 8.41. The molecule has 2 fully saturated rings. The van der Waals surface area contributed by atoms with Gasteiger partial charge in [-0.1, -0.05) is 6.92 Å². The molecule has 1 saturated carbocycles. The molecule has 0 radical (unpaired) electrons. The topological polar surface area (TPSA) is 44.7 Å². The van der Waals surface area contributed by atoms with Crippen LogP contribution in [0.5, 0.6) is 0 Å². The van der Waals surface area contributed by atoms with E-state index in [0.717, 1.165) is 39.1 Å². The fourth-order valence-electron chi connectivity index (χ4n) is 3.56. The van der Waals surface area contributed by atoms with Crippen molar-refractivity contribution in [3.63, 3.8) is 0 Å². The zero-order valence-electron chi connectivity index (χ0n) is 11.8. The Labute approximate surface area is 111 Å². The molecule has 106 valence electrons. The van der Waals surface area contributed by atoms with Gasteiger partial charge >= 0.3 is 0 Å². The highest BCUT2D eigenvalue weighted by Crippen LogP contribution is 2.31. The maximum atomic E-state index is 9.74. The molecular formula is C14H28N2O2. The molecule has 0 amide bonds. The molecular weight excluding hydrogens is 228 g/mol. The van der Waals surface area contributed by atoms with Crippen LogP contribution in [0, 0.1) is 0 Å². The second-order valence-corrected chi connectivity index (χ2v) is 5.90. The molecule has 3 atom stereocenters. The van der Waals surface area contributed by atoms with Crippen LogP contribution in [0.1, 0.15) is 39.5 Å². The first-order valence-electron chi connectivity index (χ1n) is 7.40. The third-order valence-corrected chi connectivity index (χ3v) is 4.46. The Hall–Kier alpha value is -0.160. The van der Waals surface area contributed by atoms with E-state index >= 15 is 0 Å². The van der Waals surface area contributed by atoms with Gasteiger partial charge in [0, 0.05) is 24.7 Å². The smallest absolute Gasteiger partial charge is 0.0674 e. The van der Waals surface area contributed by atoms with Gasteiger partial charge in [-0.05, 0) is 39.2 Å². The maximum absolute atomic E-state index is 9.74. The number of likely N-dealkylation sites (N-methyl/N-ethyl adjacent to an activating group) is 1. The first-order chi connectivity index (χ1) is 8.69. The summed E-state index contributed by atoms with van der Waals surface area (Å²) in [4.78, 5) is 2.56. The van der Waals surface area contributed by atoms with Crippen molar-refractivity contribution >= 4 is 0 Å². The van der Waals surface area contributed by atoms with Gasteiger partial charge in [0.25, 0.3) is 0 Å². The van der Waals surface area contributed by atoms with E-state index in [1.807, 2.05) is 0 Å². The summed E-state index contributed by atoms with van der Waals surface area (Å²) < 4.78 is 5.62. The largest absolute Gasteiger partial charge is 0.394 e. The van der Waals surface area contributed by atoms with Gasteiger partial charge in [0.05, 0.1) is 19.3 Å². The highest BCUT2D eigenvalue weighted by molar-refractivity contribution is 4.96. The van der Waals surface area contributed by atoms with E-state index in [9.17, 15) is 5.11 Å². The molecule has 1 saturated heterocycles. The van der Waals surface area contributed by atoms with Crippen molar-refractivity contribution in [3.8, 4) is 0 Å². The summed E-state index contributed by atoms with van der Waals surface area (Å²) in [5.41, 5.74) is -0.0425. The molecule has 2 rings (SSSR count). The van der Waals surface area contributed by atoms with Crippen molar-refractivity contribution in [1.82, 2.24) is 10.2 Å². The van der Waals surface area contributed by atoms with Crippen molar-refractivity contribution in [3.05, 3.63) is 0 Å². The Kier molecular flexibility index (Phi) is 5.01. The lowest BCUT2D eigenvalue weighted by Gasteiger charge is -2.46. The first-order valence-corrected chi connectivity index (χ1v) is 7.40. The van der Waals surface area contributed by atoms with Crippen LogP contribution in [-0.2, 0) is 4.74 Å². The lowest BCUT2D eigenvalue weighted by Crippen LogP contribution is -2.57. The van der Waals surface area contributed by atoms with Crippen LogP contribution >= 0.6 is 0 Å². The highest BCUT2D eigenvalue weighted by Gasteiger charge is 2.38. The predicted octanol–water partition coefficient (Wildman–Crippen LogP) is 0.990. The molecule has 4 heteroatoms. The summed E-state index contributed by atoms with van der Waals surface area (Å²) in [5, 5.41) is 13.3. The lowest BCUT2D eigenvalue weighted by molar-refractivity contribution is -0.0492. The standard InChI is InChI=1S/C14H28N2O2/c1-3-15-14(11-17)6-4-5-13(9-14)16-7-8-18-12(2)10-16/h12-13,15,17H,3-11H2,1-2H3. The van der Waals surface area contributed by atoms with E-state index in [-0.39, 0.29) is 12.1 Å². The van der Waals surface area contributed by atoms with E-state index in [2.05, 4.69) is 24.1 Å². The average Bonchev–Trinajstić information content (AvgIpc) is 2.39. The molecule has 1 heterocycles. The van der Waals surface area contributed by atoms with Crippen molar-refractivity contribution < 1.29 is 9.84 Å². The van der Waals surface area contributed by atoms with Gasteiger partial charge in [-0.2, -0.15) is 0 Å². The molecule has 0 spiro atoms. The Morgan fingerprint density at radius 3 is 3.00 bits per heavy atom. The van der Waals surface area contributed by atoms with E-state index in [4.69, 9.17) is 4.74 Å². The van der Waals surface area contributed by atoms with E-state index in [1.165, 1.54) is 12.8 Å². The SMILES string of the molecule is CCNC1(CO)CCCC(N2CCOC(C)C2)C1. The molecule has 1 aliphatic heterocycles. The van der Waals surface area contributed by atoms with Crippen molar-refractivity contribution in [2.75, 3.05) is 32.8 Å². The minimum atomic E-state index is -0.0425. The molecule has 2 N–H and O–H groups in total. The molecule has 0 aromatic rings.